The number of fused-ring (bicyclic) bond motifs is 1. The van der Waals surface area contributed by atoms with Crippen molar-refractivity contribution in [2.24, 2.45) is 4.99 Å². The van der Waals surface area contributed by atoms with Crippen molar-refractivity contribution in [3.63, 3.8) is 0 Å². The standard InChI is InChI=1S/C24H31FN6O.HI/c1-26-24(27-12-4-7-23-29-20-5-2-3-6-21(20)30-23)28-17-22(31-13-15-32-16-14-31)18-8-10-19(25)11-9-18;/h2-3,5-6,8-11,22H,4,7,12-17H2,1H3,(H,29,30)(H2,26,27,28);1H. The molecule has 2 aromatic carbocycles. The van der Waals surface area contributed by atoms with E-state index in [9.17, 15) is 4.39 Å². The number of hydrogen-bond donors (Lipinski definition) is 3. The molecule has 0 spiro atoms. The topological polar surface area (TPSA) is 77.6 Å². The molecule has 178 valence electrons. The number of para-hydroxylation sites is 2. The van der Waals surface area contributed by atoms with E-state index in [0.29, 0.717) is 19.8 Å². The van der Waals surface area contributed by atoms with Gasteiger partial charge >= 0.3 is 0 Å². The largest absolute Gasteiger partial charge is 0.379 e. The van der Waals surface area contributed by atoms with Gasteiger partial charge in [-0.3, -0.25) is 9.89 Å². The fraction of sp³-hybridized carbons (Fsp3) is 0.417. The summed E-state index contributed by atoms with van der Waals surface area (Å²) in [5.74, 6) is 1.54. The molecule has 9 heteroatoms. The van der Waals surface area contributed by atoms with Gasteiger partial charge in [0.05, 0.1) is 30.3 Å². The lowest BCUT2D eigenvalue weighted by atomic mass is 10.0. The van der Waals surface area contributed by atoms with Crippen molar-refractivity contribution >= 4 is 41.0 Å². The molecular formula is C24H32FIN6O. The van der Waals surface area contributed by atoms with E-state index in [1.54, 1.807) is 7.05 Å². The number of guanidine groups is 1. The van der Waals surface area contributed by atoms with Crippen LogP contribution in [0.3, 0.4) is 0 Å². The summed E-state index contributed by atoms with van der Waals surface area (Å²) < 4.78 is 18.9. The molecular weight excluding hydrogens is 534 g/mol. The smallest absolute Gasteiger partial charge is 0.191 e. The van der Waals surface area contributed by atoms with Gasteiger partial charge in [0.1, 0.15) is 11.6 Å². The second-order valence-electron chi connectivity index (χ2n) is 7.90. The number of ether oxygens (including phenoxy) is 1. The summed E-state index contributed by atoms with van der Waals surface area (Å²) in [4.78, 5) is 14.7. The summed E-state index contributed by atoms with van der Waals surface area (Å²) in [6.07, 6.45) is 1.80. The minimum absolute atomic E-state index is 0. The van der Waals surface area contributed by atoms with Gasteiger partial charge in [0.2, 0.25) is 0 Å². The molecule has 7 nitrogen and oxygen atoms in total. The van der Waals surface area contributed by atoms with Crippen LogP contribution < -0.4 is 10.6 Å². The van der Waals surface area contributed by atoms with Crippen molar-refractivity contribution in [1.82, 2.24) is 25.5 Å². The fourth-order valence-corrected chi connectivity index (χ4v) is 4.03. The number of nitrogens with one attached hydrogen (secondary N) is 3. The van der Waals surface area contributed by atoms with Gasteiger partial charge < -0.3 is 20.4 Å². The molecule has 1 aliphatic heterocycles. The van der Waals surface area contributed by atoms with Crippen molar-refractivity contribution in [2.75, 3.05) is 46.4 Å². The van der Waals surface area contributed by atoms with E-state index in [4.69, 9.17) is 4.74 Å². The molecule has 1 aliphatic rings. The van der Waals surface area contributed by atoms with Crippen LogP contribution in [0.25, 0.3) is 11.0 Å². The number of aliphatic imine (C=N–C) groups is 1. The van der Waals surface area contributed by atoms with Crippen LogP contribution in [-0.4, -0.2) is 67.3 Å². The Hall–Kier alpha value is -2.24. The zero-order valence-corrected chi connectivity index (χ0v) is 21.2. The quantitative estimate of drug-likeness (QED) is 0.169. The molecule has 0 aliphatic carbocycles. The lowest BCUT2D eigenvalue weighted by molar-refractivity contribution is 0.0170. The summed E-state index contributed by atoms with van der Waals surface area (Å²) in [6, 6.07) is 15.0. The van der Waals surface area contributed by atoms with E-state index >= 15 is 0 Å². The number of morpholine rings is 1. The molecule has 33 heavy (non-hydrogen) atoms. The maximum absolute atomic E-state index is 13.4. The van der Waals surface area contributed by atoms with E-state index < -0.39 is 0 Å². The van der Waals surface area contributed by atoms with Gasteiger partial charge in [0.25, 0.3) is 0 Å². The van der Waals surface area contributed by atoms with Crippen molar-refractivity contribution in [3.05, 3.63) is 65.7 Å². The number of rotatable bonds is 8. The van der Waals surface area contributed by atoms with Gasteiger partial charge in [-0.2, -0.15) is 0 Å². The summed E-state index contributed by atoms with van der Waals surface area (Å²) in [7, 11) is 1.77. The number of aromatic nitrogens is 2. The first-order valence-electron chi connectivity index (χ1n) is 11.2. The molecule has 3 N–H and O–H groups in total. The Morgan fingerprint density at radius 1 is 1.15 bits per heavy atom. The highest BCUT2D eigenvalue weighted by Crippen LogP contribution is 2.21. The van der Waals surface area contributed by atoms with Gasteiger partial charge in [-0.25, -0.2) is 9.37 Å². The van der Waals surface area contributed by atoms with Crippen LogP contribution in [0.15, 0.2) is 53.5 Å². The van der Waals surface area contributed by atoms with Gasteiger partial charge in [0, 0.05) is 39.6 Å². The SMILES string of the molecule is CN=C(NCCCc1nc2ccccc2[nH]1)NCC(c1ccc(F)cc1)N1CCOCC1.I. The van der Waals surface area contributed by atoms with Crippen LogP contribution in [0.5, 0.6) is 0 Å². The summed E-state index contributed by atoms with van der Waals surface area (Å²) >= 11 is 0. The van der Waals surface area contributed by atoms with E-state index in [1.165, 1.54) is 12.1 Å². The first-order valence-corrected chi connectivity index (χ1v) is 11.2. The molecule has 3 aromatic rings. The third-order valence-corrected chi connectivity index (χ3v) is 5.75. The maximum Gasteiger partial charge on any atom is 0.191 e. The Labute approximate surface area is 211 Å². The number of benzene rings is 2. The van der Waals surface area contributed by atoms with E-state index in [1.807, 2.05) is 36.4 Å². The van der Waals surface area contributed by atoms with Gasteiger partial charge in [-0.1, -0.05) is 24.3 Å². The summed E-state index contributed by atoms with van der Waals surface area (Å²) in [6.45, 7) is 4.60. The molecule has 1 saturated heterocycles. The highest BCUT2D eigenvalue weighted by atomic mass is 127. The third-order valence-electron chi connectivity index (χ3n) is 5.75. The minimum atomic E-state index is -0.218. The van der Waals surface area contributed by atoms with Crippen molar-refractivity contribution in [3.8, 4) is 0 Å². The average molecular weight is 566 g/mol. The van der Waals surface area contributed by atoms with Crippen LogP contribution in [0.1, 0.15) is 23.9 Å². The Balaban J connectivity index is 0.00000306. The number of halogens is 2. The van der Waals surface area contributed by atoms with E-state index in [-0.39, 0.29) is 35.8 Å². The molecule has 1 unspecified atom stereocenters. The number of H-pyrrole nitrogens is 1. The van der Waals surface area contributed by atoms with Gasteiger partial charge in [-0.05, 0) is 36.2 Å². The molecule has 0 saturated carbocycles. The third kappa shape index (κ3) is 7.12. The van der Waals surface area contributed by atoms with Crippen LogP contribution >= 0.6 is 24.0 Å². The second-order valence-corrected chi connectivity index (χ2v) is 7.90. The van der Waals surface area contributed by atoms with Crippen LogP contribution in [0, 0.1) is 5.82 Å². The molecule has 1 fully saturated rings. The normalized spacial score (nSPS) is 15.8. The Morgan fingerprint density at radius 2 is 1.91 bits per heavy atom. The lowest BCUT2D eigenvalue weighted by Gasteiger charge is -2.35. The zero-order valence-electron chi connectivity index (χ0n) is 18.9. The maximum atomic E-state index is 13.4. The average Bonchev–Trinajstić information content (AvgIpc) is 3.25. The van der Waals surface area contributed by atoms with Crippen LogP contribution in [-0.2, 0) is 11.2 Å². The van der Waals surface area contributed by atoms with Gasteiger partial charge in [-0.15, -0.1) is 24.0 Å². The first-order chi connectivity index (χ1) is 15.7. The van der Waals surface area contributed by atoms with Crippen molar-refractivity contribution < 1.29 is 9.13 Å². The number of aryl methyl sites for hydroxylation is 1. The highest BCUT2D eigenvalue weighted by Gasteiger charge is 2.23. The fourth-order valence-electron chi connectivity index (χ4n) is 4.03. The highest BCUT2D eigenvalue weighted by molar-refractivity contribution is 14.0. The number of aromatic amines is 1. The number of nitrogens with zero attached hydrogens (tertiary/aromatic N) is 3. The van der Waals surface area contributed by atoms with Crippen molar-refractivity contribution in [2.45, 2.75) is 18.9 Å². The molecule has 2 heterocycles. The second kappa shape index (κ2) is 12.9. The predicted octanol–water partition coefficient (Wildman–Crippen LogP) is 3.49. The van der Waals surface area contributed by atoms with E-state index in [0.717, 1.165) is 60.9 Å². The molecule has 1 aromatic heterocycles. The summed E-state index contributed by atoms with van der Waals surface area (Å²) in [5.41, 5.74) is 3.16. The lowest BCUT2D eigenvalue weighted by Crippen LogP contribution is -2.46. The van der Waals surface area contributed by atoms with E-state index in [2.05, 4.69) is 30.5 Å². The molecule has 0 bridgehead atoms. The zero-order chi connectivity index (χ0) is 22.2. The molecule has 0 radical (unpaired) electrons. The first kappa shape index (κ1) is 25.4. The molecule has 1 atom stereocenters. The Bertz CT molecular complexity index is 986. The van der Waals surface area contributed by atoms with Crippen molar-refractivity contribution in [1.29, 1.82) is 0 Å². The van der Waals surface area contributed by atoms with Crippen LogP contribution in [0.4, 0.5) is 4.39 Å². The van der Waals surface area contributed by atoms with Crippen LogP contribution in [0.2, 0.25) is 0 Å². The Kier molecular flexibility index (Phi) is 9.89. The Morgan fingerprint density at radius 3 is 2.64 bits per heavy atom. The number of hydrogen-bond acceptors (Lipinski definition) is 4. The molecule has 4 rings (SSSR count). The monoisotopic (exact) mass is 566 g/mol. The predicted molar refractivity (Wildman–Crippen MR) is 141 cm³/mol. The number of imidazole rings is 1. The summed E-state index contributed by atoms with van der Waals surface area (Å²) in [5, 5.41) is 6.83. The molecule has 0 amide bonds. The minimum Gasteiger partial charge on any atom is -0.379 e. The van der Waals surface area contributed by atoms with Gasteiger partial charge in [0.15, 0.2) is 5.96 Å².